The van der Waals surface area contributed by atoms with E-state index in [9.17, 15) is 23.1 Å². The molecule has 178 valence electrons. The number of phenols is 1. The fraction of sp³-hybridized carbons (Fsp3) is 0.0769. The number of amides is 1. The van der Waals surface area contributed by atoms with Gasteiger partial charge in [-0.15, -0.1) is 13.2 Å². The maximum Gasteiger partial charge on any atom is 0.573 e. The van der Waals surface area contributed by atoms with E-state index >= 15 is 0 Å². The summed E-state index contributed by atoms with van der Waals surface area (Å²) in [5.41, 5.74) is 4.22. The summed E-state index contributed by atoms with van der Waals surface area (Å²) in [6.07, 6.45) is -3.22. The first-order valence-electron chi connectivity index (χ1n) is 10.4. The molecule has 0 aliphatic rings. The molecule has 1 amide bonds. The Bertz CT molecular complexity index is 1350. The fourth-order valence-electron chi connectivity index (χ4n) is 3.32. The molecule has 0 unspecified atom stereocenters. The second-order valence-corrected chi connectivity index (χ2v) is 7.42. The summed E-state index contributed by atoms with van der Waals surface area (Å²) in [6.45, 7) is 0.145. The summed E-state index contributed by atoms with van der Waals surface area (Å²) in [4.78, 5) is 12.2. The highest BCUT2D eigenvalue weighted by Gasteiger charge is 2.30. The Labute approximate surface area is 198 Å². The Morgan fingerprint density at radius 1 is 0.914 bits per heavy atom. The lowest BCUT2D eigenvalue weighted by molar-refractivity contribution is -0.274. The molecule has 4 aromatic carbocycles. The van der Waals surface area contributed by atoms with Crippen LogP contribution in [0.5, 0.6) is 17.2 Å². The number of carbonyl (C=O) groups is 1. The Hall–Kier alpha value is -4.53. The van der Waals surface area contributed by atoms with Crippen LogP contribution in [0.1, 0.15) is 21.5 Å². The predicted octanol–water partition coefficient (Wildman–Crippen LogP) is 5.79. The summed E-state index contributed by atoms with van der Waals surface area (Å²) in [6, 6.07) is 22.3. The SMILES string of the molecule is O=C(N/N=C/c1ccc(OCc2ccc(OC(F)(F)F)cc2)c2ccccc12)c1ccc(O)cc1. The molecule has 0 saturated carbocycles. The summed E-state index contributed by atoms with van der Waals surface area (Å²) >= 11 is 0. The van der Waals surface area contributed by atoms with Gasteiger partial charge in [-0.05, 0) is 59.5 Å². The number of halogens is 3. The van der Waals surface area contributed by atoms with E-state index in [1.807, 2.05) is 24.3 Å². The van der Waals surface area contributed by atoms with Crippen LogP contribution < -0.4 is 14.9 Å². The van der Waals surface area contributed by atoms with Crippen molar-refractivity contribution in [2.45, 2.75) is 13.0 Å². The highest BCUT2D eigenvalue weighted by atomic mass is 19.4. The number of rotatable bonds is 7. The molecule has 6 nitrogen and oxygen atoms in total. The van der Waals surface area contributed by atoms with Gasteiger partial charge in [-0.1, -0.05) is 36.4 Å². The number of benzene rings is 4. The largest absolute Gasteiger partial charge is 0.573 e. The first-order valence-corrected chi connectivity index (χ1v) is 10.4. The number of ether oxygens (including phenoxy) is 2. The van der Waals surface area contributed by atoms with Gasteiger partial charge in [0.15, 0.2) is 0 Å². The molecule has 0 radical (unpaired) electrons. The summed E-state index contributed by atoms with van der Waals surface area (Å²) in [7, 11) is 0. The van der Waals surface area contributed by atoms with Gasteiger partial charge in [0.05, 0.1) is 6.21 Å². The molecule has 0 spiro atoms. The van der Waals surface area contributed by atoms with E-state index in [1.165, 1.54) is 54.7 Å². The zero-order chi connectivity index (χ0) is 24.8. The number of aromatic hydroxyl groups is 1. The number of nitrogens with one attached hydrogen (secondary N) is 1. The predicted molar refractivity (Wildman–Crippen MR) is 125 cm³/mol. The molecule has 0 aliphatic heterocycles. The standard InChI is InChI=1S/C26H19F3N2O4/c27-26(28,29)35-21-12-5-17(6-13-21)16-34-24-14-9-19(22-3-1-2-4-23(22)24)15-30-31-25(33)18-7-10-20(32)11-8-18/h1-15,32H,16H2,(H,31,33)/b30-15+. The van der Waals surface area contributed by atoms with Crippen LogP contribution in [0, 0.1) is 0 Å². The molecule has 0 atom stereocenters. The first kappa shape index (κ1) is 23.6. The van der Waals surface area contributed by atoms with Crippen molar-refractivity contribution >= 4 is 22.9 Å². The van der Waals surface area contributed by atoms with Gasteiger partial charge in [0.2, 0.25) is 0 Å². The number of hydrazone groups is 1. The number of carbonyl (C=O) groups excluding carboxylic acids is 1. The second-order valence-electron chi connectivity index (χ2n) is 7.42. The fourth-order valence-corrected chi connectivity index (χ4v) is 3.32. The molecule has 0 fully saturated rings. The van der Waals surface area contributed by atoms with Gasteiger partial charge in [-0.25, -0.2) is 5.43 Å². The van der Waals surface area contributed by atoms with E-state index < -0.39 is 12.3 Å². The van der Waals surface area contributed by atoms with Crippen molar-refractivity contribution in [2.24, 2.45) is 5.10 Å². The van der Waals surface area contributed by atoms with Gasteiger partial charge in [0, 0.05) is 16.5 Å². The Kier molecular flexibility index (Phi) is 6.86. The number of fused-ring (bicyclic) bond motifs is 1. The topological polar surface area (TPSA) is 80.2 Å². The van der Waals surface area contributed by atoms with Gasteiger partial charge in [-0.3, -0.25) is 4.79 Å². The maximum atomic E-state index is 12.3. The minimum atomic E-state index is -4.74. The van der Waals surface area contributed by atoms with E-state index in [0.717, 1.165) is 16.3 Å². The van der Waals surface area contributed by atoms with Crippen molar-refractivity contribution in [1.82, 2.24) is 5.43 Å². The highest BCUT2D eigenvalue weighted by molar-refractivity contribution is 6.03. The van der Waals surface area contributed by atoms with E-state index in [-0.39, 0.29) is 18.1 Å². The third-order valence-electron chi connectivity index (χ3n) is 4.97. The zero-order valence-corrected chi connectivity index (χ0v) is 18.1. The van der Waals surface area contributed by atoms with Gasteiger partial charge in [0.1, 0.15) is 23.9 Å². The van der Waals surface area contributed by atoms with E-state index in [4.69, 9.17) is 4.74 Å². The van der Waals surface area contributed by atoms with Gasteiger partial charge < -0.3 is 14.6 Å². The van der Waals surface area contributed by atoms with Crippen LogP contribution in [0.4, 0.5) is 13.2 Å². The van der Waals surface area contributed by atoms with Crippen molar-refractivity contribution in [2.75, 3.05) is 0 Å². The van der Waals surface area contributed by atoms with Crippen molar-refractivity contribution < 1.29 is 32.5 Å². The van der Waals surface area contributed by atoms with Gasteiger partial charge >= 0.3 is 6.36 Å². The third-order valence-corrected chi connectivity index (χ3v) is 4.97. The number of phenolic OH excluding ortho intramolecular Hbond substituents is 1. The van der Waals surface area contributed by atoms with E-state index in [1.54, 1.807) is 12.1 Å². The van der Waals surface area contributed by atoms with Crippen LogP contribution >= 0.6 is 0 Å². The lowest BCUT2D eigenvalue weighted by Gasteiger charge is -2.12. The quantitative estimate of drug-likeness (QED) is 0.259. The highest BCUT2D eigenvalue weighted by Crippen LogP contribution is 2.29. The lowest BCUT2D eigenvalue weighted by atomic mass is 10.0. The molecule has 4 aromatic rings. The molecule has 0 bridgehead atoms. The lowest BCUT2D eigenvalue weighted by Crippen LogP contribution is -2.17. The number of hydrogen-bond acceptors (Lipinski definition) is 5. The van der Waals surface area contributed by atoms with Crippen molar-refractivity contribution in [3.8, 4) is 17.2 Å². The summed E-state index contributed by atoms with van der Waals surface area (Å²) in [5.74, 6) is -0.0715. The Morgan fingerprint density at radius 3 is 2.29 bits per heavy atom. The minimum absolute atomic E-state index is 0.0614. The zero-order valence-electron chi connectivity index (χ0n) is 18.1. The molecule has 35 heavy (non-hydrogen) atoms. The molecule has 0 heterocycles. The van der Waals surface area contributed by atoms with Crippen molar-refractivity contribution in [3.05, 3.63) is 102 Å². The normalized spacial score (nSPS) is 11.5. The number of alkyl halides is 3. The van der Waals surface area contributed by atoms with E-state index in [0.29, 0.717) is 16.9 Å². The maximum absolute atomic E-state index is 12.3. The monoisotopic (exact) mass is 480 g/mol. The average molecular weight is 480 g/mol. The number of hydrogen-bond donors (Lipinski definition) is 2. The summed E-state index contributed by atoms with van der Waals surface area (Å²) < 4.78 is 46.7. The molecule has 4 rings (SSSR count). The van der Waals surface area contributed by atoms with Crippen LogP contribution in [0.15, 0.2) is 90.0 Å². The Balaban J connectivity index is 1.45. The molecular weight excluding hydrogens is 461 g/mol. The molecule has 0 saturated heterocycles. The van der Waals surface area contributed by atoms with Crippen LogP contribution in [-0.2, 0) is 6.61 Å². The third kappa shape index (κ3) is 6.29. The van der Waals surface area contributed by atoms with E-state index in [2.05, 4.69) is 15.3 Å². The second kappa shape index (κ2) is 10.2. The summed E-state index contributed by atoms with van der Waals surface area (Å²) in [5, 5.41) is 15.0. The average Bonchev–Trinajstić information content (AvgIpc) is 2.83. The molecule has 0 aliphatic carbocycles. The first-order chi connectivity index (χ1) is 16.8. The molecule has 2 N–H and O–H groups in total. The number of nitrogens with zero attached hydrogens (tertiary/aromatic N) is 1. The molecule has 9 heteroatoms. The van der Waals surface area contributed by atoms with Crippen LogP contribution in [0.2, 0.25) is 0 Å². The van der Waals surface area contributed by atoms with Gasteiger partial charge in [0.25, 0.3) is 5.91 Å². The van der Waals surface area contributed by atoms with Crippen LogP contribution in [0.3, 0.4) is 0 Å². The van der Waals surface area contributed by atoms with Crippen molar-refractivity contribution in [3.63, 3.8) is 0 Å². The Morgan fingerprint density at radius 2 is 1.60 bits per heavy atom. The smallest absolute Gasteiger partial charge is 0.508 e. The molecule has 0 aromatic heterocycles. The van der Waals surface area contributed by atoms with Crippen LogP contribution in [-0.4, -0.2) is 23.6 Å². The minimum Gasteiger partial charge on any atom is -0.508 e. The van der Waals surface area contributed by atoms with Gasteiger partial charge in [-0.2, -0.15) is 5.10 Å². The van der Waals surface area contributed by atoms with Crippen molar-refractivity contribution in [1.29, 1.82) is 0 Å². The molecular formula is C26H19F3N2O4. The van der Waals surface area contributed by atoms with Crippen LogP contribution in [0.25, 0.3) is 10.8 Å².